The van der Waals surface area contributed by atoms with Crippen molar-refractivity contribution in [1.82, 2.24) is 10.6 Å². The lowest BCUT2D eigenvalue weighted by Gasteiger charge is -2.26. The molecule has 0 saturated heterocycles. The maximum absolute atomic E-state index is 10.8. The van der Waals surface area contributed by atoms with Gasteiger partial charge in [0.05, 0.1) is 6.04 Å². The van der Waals surface area contributed by atoms with Crippen LogP contribution < -0.4 is 10.6 Å². The second-order valence-electron chi connectivity index (χ2n) is 3.70. The molecule has 0 rings (SSSR count). The van der Waals surface area contributed by atoms with Crippen LogP contribution in [-0.4, -0.2) is 25.4 Å². The molecule has 0 aromatic carbocycles. The average Bonchev–Trinajstić information content (AvgIpc) is 1.97. The maximum Gasteiger partial charge on any atom is 0.315 e. The summed E-state index contributed by atoms with van der Waals surface area (Å²) in [7, 11) is 1.51. The molecule has 70 valence electrons. The molecule has 0 bridgehead atoms. The number of hydrogen-bond acceptors (Lipinski definition) is 2. The van der Waals surface area contributed by atoms with Crippen LogP contribution in [-0.2, 0) is 4.79 Å². The molecule has 2 N–H and O–H groups in total. The minimum atomic E-state index is -0.447. The summed E-state index contributed by atoms with van der Waals surface area (Å²) in [6.07, 6.45) is 0.745. The van der Waals surface area contributed by atoms with Gasteiger partial charge in [0.15, 0.2) is 0 Å². The summed E-state index contributed by atoms with van der Waals surface area (Å²) in [5.41, 5.74) is -0.242. The number of aldehydes is 1. The van der Waals surface area contributed by atoms with E-state index in [-0.39, 0.29) is 11.4 Å². The lowest BCUT2D eigenvalue weighted by molar-refractivity contribution is -0.111. The largest absolute Gasteiger partial charge is 0.341 e. The van der Waals surface area contributed by atoms with Crippen molar-refractivity contribution in [2.45, 2.75) is 26.8 Å². The lowest BCUT2D eigenvalue weighted by Crippen LogP contribution is -2.48. The predicted molar refractivity (Wildman–Crippen MR) is 46.9 cm³/mol. The van der Waals surface area contributed by atoms with Crippen LogP contribution in [0, 0.1) is 5.41 Å². The van der Waals surface area contributed by atoms with Gasteiger partial charge in [-0.2, -0.15) is 0 Å². The van der Waals surface area contributed by atoms with E-state index < -0.39 is 6.04 Å². The van der Waals surface area contributed by atoms with Gasteiger partial charge < -0.3 is 15.4 Å². The minimum Gasteiger partial charge on any atom is -0.341 e. The Labute approximate surface area is 72.7 Å². The van der Waals surface area contributed by atoms with Crippen molar-refractivity contribution >= 4 is 12.3 Å². The molecule has 1 atom stereocenters. The molecule has 2 amide bonds. The number of hydrogen-bond donors (Lipinski definition) is 2. The molecule has 4 nitrogen and oxygen atoms in total. The molecule has 0 aromatic heterocycles. The monoisotopic (exact) mass is 172 g/mol. The first-order chi connectivity index (χ1) is 5.41. The number of carbonyl (C=O) groups is 2. The zero-order chi connectivity index (χ0) is 9.78. The Kier molecular flexibility index (Phi) is 3.73. The van der Waals surface area contributed by atoms with Crippen molar-refractivity contribution in [1.29, 1.82) is 0 Å². The van der Waals surface area contributed by atoms with E-state index in [4.69, 9.17) is 0 Å². The highest BCUT2D eigenvalue weighted by molar-refractivity contribution is 5.78. The van der Waals surface area contributed by atoms with E-state index in [0.29, 0.717) is 0 Å². The normalized spacial score (nSPS) is 13.3. The highest BCUT2D eigenvalue weighted by atomic mass is 16.2. The fraction of sp³-hybridized carbons (Fsp3) is 0.750. The topological polar surface area (TPSA) is 58.2 Å². The highest BCUT2D eigenvalue weighted by Crippen LogP contribution is 2.17. The Bertz CT molecular complexity index is 172. The van der Waals surface area contributed by atoms with Crippen molar-refractivity contribution in [2.75, 3.05) is 7.05 Å². The molecule has 0 aromatic rings. The summed E-state index contributed by atoms with van der Waals surface area (Å²) in [4.78, 5) is 21.4. The molecule has 12 heavy (non-hydrogen) atoms. The van der Waals surface area contributed by atoms with E-state index in [9.17, 15) is 9.59 Å². The summed E-state index contributed by atoms with van der Waals surface area (Å²) in [6.45, 7) is 5.67. The number of nitrogens with one attached hydrogen (secondary N) is 2. The third-order valence-electron chi connectivity index (χ3n) is 1.58. The van der Waals surface area contributed by atoms with E-state index in [2.05, 4.69) is 10.6 Å². The van der Waals surface area contributed by atoms with Gasteiger partial charge in [-0.05, 0) is 5.41 Å². The van der Waals surface area contributed by atoms with Gasteiger partial charge >= 0.3 is 6.03 Å². The Morgan fingerprint density at radius 3 is 2.17 bits per heavy atom. The molecular formula is C8H16N2O2. The molecule has 0 heterocycles. The minimum absolute atomic E-state index is 0.242. The smallest absolute Gasteiger partial charge is 0.315 e. The summed E-state index contributed by atoms with van der Waals surface area (Å²) in [5.74, 6) is 0. The first-order valence-electron chi connectivity index (χ1n) is 3.85. The fourth-order valence-corrected chi connectivity index (χ4v) is 0.668. The van der Waals surface area contributed by atoms with Gasteiger partial charge in [-0.25, -0.2) is 4.79 Å². The molecule has 0 spiro atoms. The van der Waals surface area contributed by atoms with Gasteiger partial charge in [0, 0.05) is 7.05 Å². The Hall–Kier alpha value is -1.06. The van der Waals surface area contributed by atoms with Crippen LogP contribution in [0.1, 0.15) is 20.8 Å². The molecule has 0 saturated carbocycles. The first kappa shape index (κ1) is 10.9. The molecule has 0 fully saturated rings. The van der Waals surface area contributed by atoms with Crippen molar-refractivity contribution in [3.8, 4) is 0 Å². The first-order valence-corrected chi connectivity index (χ1v) is 3.85. The van der Waals surface area contributed by atoms with Gasteiger partial charge in [0.2, 0.25) is 0 Å². The van der Waals surface area contributed by atoms with Crippen LogP contribution in [0.4, 0.5) is 4.79 Å². The molecule has 0 aliphatic rings. The van der Waals surface area contributed by atoms with Crippen LogP contribution in [0.25, 0.3) is 0 Å². The van der Waals surface area contributed by atoms with Crippen molar-refractivity contribution in [3.63, 3.8) is 0 Å². The van der Waals surface area contributed by atoms with Crippen LogP contribution >= 0.6 is 0 Å². The van der Waals surface area contributed by atoms with Crippen LogP contribution in [0.15, 0.2) is 0 Å². The third-order valence-corrected chi connectivity index (χ3v) is 1.58. The molecule has 0 aliphatic carbocycles. The number of amides is 2. The van der Waals surface area contributed by atoms with Crippen molar-refractivity contribution < 1.29 is 9.59 Å². The van der Waals surface area contributed by atoms with E-state index in [1.165, 1.54) is 7.05 Å². The zero-order valence-electron chi connectivity index (χ0n) is 7.97. The van der Waals surface area contributed by atoms with E-state index >= 15 is 0 Å². The third kappa shape index (κ3) is 3.37. The number of rotatable bonds is 2. The maximum atomic E-state index is 10.8. The van der Waals surface area contributed by atoms with Crippen molar-refractivity contribution in [3.05, 3.63) is 0 Å². The second-order valence-corrected chi connectivity index (χ2v) is 3.70. The molecule has 0 radical (unpaired) electrons. The van der Waals surface area contributed by atoms with Gasteiger partial charge in [-0.15, -0.1) is 0 Å². The number of carbonyl (C=O) groups excluding carboxylic acids is 2. The average molecular weight is 172 g/mol. The number of urea groups is 1. The second kappa shape index (κ2) is 4.09. The Morgan fingerprint density at radius 2 is 1.92 bits per heavy atom. The molecule has 1 unspecified atom stereocenters. The van der Waals surface area contributed by atoms with Crippen LogP contribution in [0.5, 0.6) is 0 Å². The zero-order valence-corrected chi connectivity index (χ0v) is 7.97. The van der Waals surface area contributed by atoms with Gasteiger partial charge in [-0.3, -0.25) is 0 Å². The quantitative estimate of drug-likeness (QED) is 0.597. The Balaban J connectivity index is 4.19. The molecular weight excluding hydrogens is 156 g/mol. The van der Waals surface area contributed by atoms with E-state index in [1.54, 1.807) is 0 Å². The molecule has 0 aliphatic heterocycles. The van der Waals surface area contributed by atoms with Crippen LogP contribution in [0.3, 0.4) is 0 Å². The van der Waals surface area contributed by atoms with Gasteiger partial charge in [-0.1, -0.05) is 20.8 Å². The lowest BCUT2D eigenvalue weighted by atomic mass is 9.88. The van der Waals surface area contributed by atoms with Gasteiger partial charge in [0.1, 0.15) is 6.29 Å². The summed E-state index contributed by atoms with van der Waals surface area (Å²) < 4.78 is 0. The summed E-state index contributed by atoms with van der Waals surface area (Å²) in [6, 6.07) is -0.778. The van der Waals surface area contributed by atoms with Crippen LogP contribution in [0.2, 0.25) is 0 Å². The summed E-state index contributed by atoms with van der Waals surface area (Å²) in [5, 5.41) is 4.93. The highest BCUT2D eigenvalue weighted by Gasteiger charge is 2.25. The van der Waals surface area contributed by atoms with E-state index in [0.717, 1.165) is 6.29 Å². The van der Waals surface area contributed by atoms with Crippen molar-refractivity contribution in [2.24, 2.45) is 5.41 Å². The Morgan fingerprint density at radius 1 is 1.42 bits per heavy atom. The predicted octanol–water partition coefficient (Wildman–Crippen LogP) is 0.529. The SMILES string of the molecule is CNC(=O)NC(C=O)C(C)(C)C. The van der Waals surface area contributed by atoms with Gasteiger partial charge in [0.25, 0.3) is 0 Å². The standard InChI is InChI=1S/C8H16N2O2/c1-8(2,3)6(5-11)10-7(12)9-4/h5-6H,1-4H3,(H2,9,10,12). The fourth-order valence-electron chi connectivity index (χ4n) is 0.668. The van der Waals surface area contributed by atoms with E-state index in [1.807, 2.05) is 20.8 Å². The molecule has 4 heteroatoms. The summed E-state index contributed by atoms with van der Waals surface area (Å²) >= 11 is 0.